The fourth-order valence-electron chi connectivity index (χ4n) is 2.91. The topological polar surface area (TPSA) is 111 Å². The number of para-hydroxylation sites is 1. The minimum absolute atomic E-state index is 0.139. The molecule has 9 nitrogen and oxygen atoms in total. The number of nitrogens with one attached hydrogen (secondary N) is 2. The van der Waals surface area contributed by atoms with Crippen LogP contribution in [0.4, 0.5) is 10.1 Å². The van der Waals surface area contributed by atoms with Gasteiger partial charge in [0.2, 0.25) is 5.91 Å². The Morgan fingerprint density at radius 1 is 1.19 bits per heavy atom. The number of benzene rings is 2. The standard InChI is InChI=1S/C21H23FN6O3/c1-3-31-19-8-5-4-7-16(19)21(30)23-12-6-9-20(29)24-15-10-11-17(22)18(13-15)28-14(2)25-26-27-28/h4-5,7-8,10-11,13H,3,6,9,12H2,1-2H3,(H,23,30)(H,24,29). The second-order valence-corrected chi connectivity index (χ2v) is 6.64. The lowest BCUT2D eigenvalue weighted by atomic mass is 10.2. The highest BCUT2D eigenvalue weighted by molar-refractivity contribution is 5.97. The normalized spacial score (nSPS) is 10.5. The number of aryl methyl sites for hydroxylation is 1. The van der Waals surface area contributed by atoms with Crippen LogP contribution in [-0.4, -0.2) is 45.2 Å². The molecule has 2 amide bonds. The van der Waals surface area contributed by atoms with Crippen molar-refractivity contribution in [3.05, 3.63) is 59.7 Å². The summed E-state index contributed by atoms with van der Waals surface area (Å²) in [7, 11) is 0. The Hall–Kier alpha value is -3.82. The Balaban J connectivity index is 1.50. The summed E-state index contributed by atoms with van der Waals surface area (Å²) in [5.74, 6) is -0.0861. The first-order valence-electron chi connectivity index (χ1n) is 9.84. The van der Waals surface area contributed by atoms with Crippen LogP contribution in [0, 0.1) is 12.7 Å². The number of amides is 2. The highest BCUT2D eigenvalue weighted by Gasteiger charge is 2.13. The van der Waals surface area contributed by atoms with Crippen LogP contribution in [0.1, 0.15) is 35.9 Å². The highest BCUT2D eigenvalue weighted by Crippen LogP contribution is 2.19. The number of ether oxygens (including phenoxy) is 1. The van der Waals surface area contributed by atoms with Gasteiger partial charge in [-0.3, -0.25) is 9.59 Å². The summed E-state index contributed by atoms with van der Waals surface area (Å²) in [6, 6.07) is 11.1. The van der Waals surface area contributed by atoms with Gasteiger partial charge in [0.05, 0.1) is 12.2 Å². The molecule has 1 heterocycles. The quantitative estimate of drug-likeness (QED) is 0.509. The fourth-order valence-corrected chi connectivity index (χ4v) is 2.91. The average molecular weight is 426 g/mol. The SMILES string of the molecule is CCOc1ccccc1C(=O)NCCCC(=O)Nc1ccc(F)c(-n2nnnc2C)c1. The van der Waals surface area contributed by atoms with Crippen LogP contribution in [0.3, 0.4) is 0 Å². The van der Waals surface area contributed by atoms with Gasteiger partial charge in [0.25, 0.3) is 5.91 Å². The molecule has 0 bridgehead atoms. The molecule has 2 N–H and O–H groups in total. The van der Waals surface area contributed by atoms with Crippen molar-refractivity contribution in [1.82, 2.24) is 25.5 Å². The molecular weight excluding hydrogens is 403 g/mol. The maximum absolute atomic E-state index is 14.1. The van der Waals surface area contributed by atoms with Crippen LogP contribution >= 0.6 is 0 Å². The number of carbonyl (C=O) groups is 2. The molecule has 1 aromatic heterocycles. The molecule has 3 aromatic rings. The maximum Gasteiger partial charge on any atom is 0.255 e. The number of tetrazole rings is 1. The molecule has 10 heteroatoms. The van der Waals surface area contributed by atoms with E-state index in [-0.39, 0.29) is 23.9 Å². The van der Waals surface area contributed by atoms with Crippen LogP contribution in [-0.2, 0) is 4.79 Å². The molecule has 0 fully saturated rings. The summed E-state index contributed by atoms with van der Waals surface area (Å²) < 4.78 is 20.8. The molecule has 0 unspecified atom stereocenters. The molecule has 0 aliphatic heterocycles. The van der Waals surface area contributed by atoms with Crippen LogP contribution in [0.25, 0.3) is 5.69 Å². The minimum atomic E-state index is -0.511. The first-order valence-corrected chi connectivity index (χ1v) is 9.84. The molecule has 0 saturated heterocycles. The van der Waals surface area contributed by atoms with E-state index < -0.39 is 5.82 Å². The van der Waals surface area contributed by atoms with Gasteiger partial charge in [-0.05, 0) is 61.0 Å². The number of rotatable bonds is 9. The van der Waals surface area contributed by atoms with Gasteiger partial charge in [-0.15, -0.1) is 5.10 Å². The molecule has 31 heavy (non-hydrogen) atoms. The zero-order chi connectivity index (χ0) is 22.2. The number of nitrogens with zero attached hydrogens (tertiary/aromatic N) is 4. The van der Waals surface area contributed by atoms with E-state index in [1.807, 2.05) is 6.92 Å². The van der Waals surface area contributed by atoms with Crippen LogP contribution in [0.2, 0.25) is 0 Å². The molecule has 162 valence electrons. The Morgan fingerprint density at radius 3 is 2.74 bits per heavy atom. The minimum Gasteiger partial charge on any atom is -0.493 e. The Morgan fingerprint density at radius 2 is 2.00 bits per heavy atom. The molecule has 0 radical (unpaired) electrons. The highest BCUT2D eigenvalue weighted by atomic mass is 19.1. The first kappa shape index (κ1) is 21.9. The van der Waals surface area contributed by atoms with Gasteiger partial charge in [-0.25, -0.2) is 4.39 Å². The second-order valence-electron chi connectivity index (χ2n) is 6.64. The van der Waals surface area contributed by atoms with Gasteiger partial charge in [0.15, 0.2) is 5.82 Å². The molecule has 0 spiro atoms. The van der Waals surface area contributed by atoms with Crippen molar-refractivity contribution in [2.75, 3.05) is 18.5 Å². The van der Waals surface area contributed by atoms with Crippen molar-refractivity contribution in [2.45, 2.75) is 26.7 Å². The predicted octanol–water partition coefficient (Wildman–Crippen LogP) is 2.66. The second kappa shape index (κ2) is 10.3. The third kappa shape index (κ3) is 5.62. The molecule has 3 rings (SSSR count). The van der Waals surface area contributed by atoms with E-state index >= 15 is 0 Å². The third-order valence-corrected chi connectivity index (χ3v) is 4.38. The summed E-state index contributed by atoms with van der Waals surface area (Å²) in [5, 5.41) is 16.5. The van der Waals surface area contributed by atoms with Gasteiger partial charge in [-0.2, -0.15) is 4.68 Å². The van der Waals surface area contributed by atoms with E-state index in [4.69, 9.17) is 4.74 Å². The van der Waals surface area contributed by atoms with Gasteiger partial charge in [0, 0.05) is 18.7 Å². The average Bonchev–Trinajstić information content (AvgIpc) is 3.18. The van der Waals surface area contributed by atoms with E-state index in [1.165, 1.54) is 22.9 Å². The Bertz CT molecular complexity index is 1070. The third-order valence-electron chi connectivity index (χ3n) is 4.38. The number of halogens is 1. The summed E-state index contributed by atoms with van der Waals surface area (Å²) in [6.45, 7) is 4.28. The lowest BCUT2D eigenvalue weighted by Gasteiger charge is -2.11. The van der Waals surface area contributed by atoms with Crippen molar-refractivity contribution in [1.29, 1.82) is 0 Å². The zero-order valence-corrected chi connectivity index (χ0v) is 17.3. The maximum atomic E-state index is 14.1. The monoisotopic (exact) mass is 426 g/mol. The number of hydrogen-bond donors (Lipinski definition) is 2. The van der Waals surface area contributed by atoms with E-state index in [1.54, 1.807) is 31.2 Å². The number of carbonyl (C=O) groups excluding carboxylic acids is 2. The summed E-state index contributed by atoms with van der Waals surface area (Å²) in [6.07, 6.45) is 0.624. The zero-order valence-electron chi connectivity index (χ0n) is 17.3. The number of aromatic nitrogens is 4. The van der Waals surface area contributed by atoms with Crippen LogP contribution in [0.5, 0.6) is 5.75 Å². The molecule has 0 aliphatic carbocycles. The summed E-state index contributed by atoms with van der Waals surface area (Å²) >= 11 is 0. The fraction of sp³-hybridized carbons (Fsp3) is 0.286. The van der Waals surface area contributed by atoms with Gasteiger partial charge >= 0.3 is 0 Å². The van der Waals surface area contributed by atoms with Crippen molar-refractivity contribution >= 4 is 17.5 Å². The number of anilines is 1. The van der Waals surface area contributed by atoms with E-state index in [9.17, 15) is 14.0 Å². The molecule has 0 atom stereocenters. The van der Waals surface area contributed by atoms with Gasteiger partial charge in [0.1, 0.15) is 17.3 Å². The number of hydrogen-bond acceptors (Lipinski definition) is 6. The first-order chi connectivity index (χ1) is 15.0. The lowest BCUT2D eigenvalue weighted by molar-refractivity contribution is -0.116. The summed E-state index contributed by atoms with van der Waals surface area (Å²) in [5.41, 5.74) is 1.01. The van der Waals surface area contributed by atoms with Crippen molar-refractivity contribution < 1.29 is 18.7 Å². The Labute approximate surface area is 178 Å². The predicted molar refractivity (Wildman–Crippen MR) is 112 cm³/mol. The smallest absolute Gasteiger partial charge is 0.255 e. The Kier molecular flexibility index (Phi) is 7.26. The van der Waals surface area contributed by atoms with E-state index in [0.29, 0.717) is 42.4 Å². The molecular formula is C21H23FN6O3. The van der Waals surface area contributed by atoms with Gasteiger partial charge < -0.3 is 15.4 Å². The van der Waals surface area contributed by atoms with Gasteiger partial charge in [-0.1, -0.05) is 12.1 Å². The van der Waals surface area contributed by atoms with Crippen molar-refractivity contribution in [3.63, 3.8) is 0 Å². The van der Waals surface area contributed by atoms with Crippen molar-refractivity contribution in [3.8, 4) is 11.4 Å². The van der Waals surface area contributed by atoms with Crippen LogP contribution in [0.15, 0.2) is 42.5 Å². The van der Waals surface area contributed by atoms with E-state index in [0.717, 1.165) is 0 Å². The largest absolute Gasteiger partial charge is 0.493 e. The van der Waals surface area contributed by atoms with Crippen LogP contribution < -0.4 is 15.4 Å². The summed E-state index contributed by atoms with van der Waals surface area (Å²) in [4.78, 5) is 24.6. The molecule has 0 aliphatic rings. The van der Waals surface area contributed by atoms with E-state index in [2.05, 4.69) is 26.2 Å². The lowest BCUT2D eigenvalue weighted by Crippen LogP contribution is -2.26. The van der Waals surface area contributed by atoms with Crippen molar-refractivity contribution in [2.24, 2.45) is 0 Å². The molecule has 2 aromatic carbocycles. The molecule has 0 saturated carbocycles.